The monoisotopic (exact) mass is 304 g/mol. The van der Waals surface area contributed by atoms with Crippen molar-refractivity contribution in [3.05, 3.63) is 23.8 Å². The number of carbonyl (C=O) groups is 1. The maximum atomic E-state index is 12.4. The highest BCUT2D eigenvalue weighted by Gasteiger charge is 2.29. The van der Waals surface area contributed by atoms with Gasteiger partial charge >= 0.3 is 0 Å². The normalized spacial score (nSPS) is 24.9. The fraction of sp³-hybridized carbons (Fsp3) is 0.688. The average molecular weight is 304 g/mol. The molecule has 1 saturated heterocycles. The van der Waals surface area contributed by atoms with E-state index in [4.69, 9.17) is 4.74 Å². The number of aryl methyl sites for hydroxylation is 1. The molecule has 1 aromatic rings. The summed E-state index contributed by atoms with van der Waals surface area (Å²) in [5.74, 6) is 2.19. The van der Waals surface area contributed by atoms with Gasteiger partial charge in [0.1, 0.15) is 11.9 Å². The fourth-order valence-corrected chi connectivity index (χ4v) is 3.05. The van der Waals surface area contributed by atoms with Crippen LogP contribution in [0.4, 0.5) is 0 Å². The van der Waals surface area contributed by atoms with Gasteiger partial charge in [0.05, 0.1) is 13.2 Å². The van der Waals surface area contributed by atoms with Crippen molar-refractivity contribution in [2.24, 2.45) is 5.92 Å². The van der Waals surface area contributed by atoms with Crippen molar-refractivity contribution < 1.29 is 9.53 Å². The Morgan fingerprint density at radius 3 is 3.23 bits per heavy atom. The minimum atomic E-state index is -0.210. The van der Waals surface area contributed by atoms with Gasteiger partial charge in [0.2, 0.25) is 5.91 Å². The van der Waals surface area contributed by atoms with Gasteiger partial charge in [-0.1, -0.05) is 19.1 Å². The Labute approximate surface area is 130 Å². The number of allylic oxidation sites excluding steroid dienone is 2. The van der Waals surface area contributed by atoms with Crippen LogP contribution < -0.4 is 0 Å². The summed E-state index contributed by atoms with van der Waals surface area (Å²) < 4.78 is 5.75. The molecular weight excluding hydrogens is 280 g/mol. The van der Waals surface area contributed by atoms with Crippen LogP contribution in [0.5, 0.6) is 0 Å². The van der Waals surface area contributed by atoms with Crippen molar-refractivity contribution in [1.29, 1.82) is 0 Å². The number of nitrogens with one attached hydrogen (secondary N) is 1. The molecule has 6 nitrogen and oxygen atoms in total. The third-order valence-corrected chi connectivity index (χ3v) is 4.29. The summed E-state index contributed by atoms with van der Waals surface area (Å²) >= 11 is 0. The van der Waals surface area contributed by atoms with Crippen LogP contribution in [0.2, 0.25) is 0 Å². The van der Waals surface area contributed by atoms with Crippen molar-refractivity contribution in [2.75, 3.05) is 19.7 Å². The van der Waals surface area contributed by atoms with Gasteiger partial charge in [-0.3, -0.25) is 9.89 Å². The van der Waals surface area contributed by atoms with E-state index in [0.717, 1.165) is 31.5 Å². The standard InChI is InChI=1S/C16H24N4O2/c1-2-5-14-17-16(19-18-14)13-11-20(8-9-22-13)15(21)10-12-6-3-4-7-12/h3,6,12-13H,2,4-5,7-11H2,1H3,(H,17,18,19). The van der Waals surface area contributed by atoms with Crippen LogP contribution in [0.3, 0.4) is 0 Å². The van der Waals surface area contributed by atoms with Gasteiger partial charge in [0.15, 0.2) is 5.82 Å². The smallest absolute Gasteiger partial charge is 0.223 e. The first-order valence-electron chi connectivity index (χ1n) is 8.23. The van der Waals surface area contributed by atoms with E-state index >= 15 is 0 Å². The molecule has 1 aromatic heterocycles. The first kappa shape index (κ1) is 15.2. The number of ether oxygens (including phenoxy) is 1. The van der Waals surface area contributed by atoms with Gasteiger partial charge in [0.25, 0.3) is 0 Å². The summed E-state index contributed by atoms with van der Waals surface area (Å²) in [4.78, 5) is 18.8. The van der Waals surface area contributed by atoms with E-state index in [1.807, 2.05) is 4.90 Å². The Bertz CT molecular complexity index is 540. The van der Waals surface area contributed by atoms with E-state index in [1.165, 1.54) is 0 Å². The van der Waals surface area contributed by atoms with Crippen LogP contribution in [0.15, 0.2) is 12.2 Å². The highest BCUT2D eigenvalue weighted by molar-refractivity contribution is 5.76. The fourth-order valence-electron chi connectivity index (χ4n) is 3.05. The molecule has 2 aliphatic rings. The second-order valence-electron chi connectivity index (χ2n) is 6.06. The summed E-state index contributed by atoms with van der Waals surface area (Å²) in [5, 5.41) is 7.20. The number of H-pyrrole nitrogens is 1. The quantitative estimate of drug-likeness (QED) is 0.845. The molecule has 120 valence electrons. The molecule has 1 fully saturated rings. The lowest BCUT2D eigenvalue weighted by atomic mass is 10.0. The second-order valence-corrected chi connectivity index (χ2v) is 6.06. The van der Waals surface area contributed by atoms with E-state index in [9.17, 15) is 4.79 Å². The number of aromatic nitrogens is 3. The number of amides is 1. The average Bonchev–Trinajstić information content (AvgIpc) is 3.19. The lowest BCUT2D eigenvalue weighted by molar-refractivity contribution is -0.140. The second kappa shape index (κ2) is 7.05. The van der Waals surface area contributed by atoms with Gasteiger partial charge in [-0.15, -0.1) is 0 Å². The first-order valence-corrected chi connectivity index (χ1v) is 8.23. The molecule has 0 saturated carbocycles. The molecule has 1 aliphatic heterocycles. The summed E-state index contributed by atoms with van der Waals surface area (Å²) in [6, 6.07) is 0. The Hall–Kier alpha value is -1.69. The van der Waals surface area contributed by atoms with Crippen LogP contribution in [-0.2, 0) is 16.0 Å². The summed E-state index contributed by atoms with van der Waals surface area (Å²) in [6.07, 6.45) is 8.85. The highest BCUT2D eigenvalue weighted by Crippen LogP contribution is 2.24. The number of nitrogens with zero attached hydrogens (tertiary/aromatic N) is 3. The molecule has 3 rings (SSSR count). The molecule has 1 amide bonds. The molecule has 2 heterocycles. The van der Waals surface area contributed by atoms with Crippen LogP contribution >= 0.6 is 0 Å². The molecule has 1 N–H and O–H groups in total. The van der Waals surface area contributed by atoms with Crippen molar-refractivity contribution in [1.82, 2.24) is 20.1 Å². The van der Waals surface area contributed by atoms with Crippen molar-refractivity contribution in [3.8, 4) is 0 Å². The molecule has 0 aromatic carbocycles. The predicted molar refractivity (Wildman–Crippen MR) is 82.1 cm³/mol. The molecule has 22 heavy (non-hydrogen) atoms. The molecule has 0 spiro atoms. The predicted octanol–water partition coefficient (Wildman–Crippen LogP) is 2.01. The largest absolute Gasteiger partial charge is 0.366 e. The number of aromatic amines is 1. The molecule has 2 atom stereocenters. The van der Waals surface area contributed by atoms with Crippen LogP contribution in [0, 0.1) is 5.92 Å². The maximum absolute atomic E-state index is 12.4. The third-order valence-electron chi connectivity index (χ3n) is 4.29. The van der Waals surface area contributed by atoms with E-state index in [2.05, 4.69) is 34.3 Å². The topological polar surface area (TPSA) is 71.1 Å². The third kappa shape index (κ3) is 3.55. The van der Waals surface area contributed by atoms with Crippen molar-refractivity contribution in [2.45, 2.75) is 45.1 Å². The SMILES string of the molecule is CCCc1nc(C2CN(C(=O)CC3C=CCC3)CCO2)n[nH]1. The lowest BCUT2D eigenvalue weighted by Gasteiger charge is -2.32. The zero-order valence-corrected chi connectivity index (χ0v) is 13.1. The van der Waals surface area contributed by atoms with E-state index in [0.29, 0.717) is 37.9 Å². The lowest BCUT2D eigenvalue weighted by Crippen LogP contribution is -2.43. The maximum Gasteiger partial charge on any atom is 0.223 e. The van der Waals surface area contributed by atoms with E-state index in [-0.39, 0.29) is 12.0 Å². The molecule has 6 heteroatoms. The number of hydrogen-bond acceptors (Lipinski definition) is 4. The van der Waals surface area contributed by atoms with E-state index < -0.39 is 0 Å². The first-order chi connectivity index (χ1) is 10.8. The Morgan fingerprint density at radius 1 is 1.55 bits per heavy atom. The number of hydrogen-bond donors (Lipinski definition) is 1. The van der Waals surface area contributed by atoms with E-state index in [1.54, 1.807) is 0 Å². The summed E-state index contributed by atoms with van der Waals surface area (Å²) in [6.45, 7) is 3.88. The van der Waals surface area contributed by atoms with Gasteiger partial charge in [-0.05, 0) is 25.2 Å². The molecule has 1 aliphatic carbocycles. The van der Waals surface area contributed by atoms with Crippen molar-refractivity contribution >= 4 is 5.91 Å². The number of carbonyl (C=O) groups excluding carboxylic acids is 1. The van der Waals surface area contributed by atoms with Gasteiger partial charge in [-0.25, -0.2) is 4.98 Å². The minimum Gasteiger partial charge on any atom is -0.366 e. The van der Waals surface area contributed by atoms with Gasteiger partial charge in [-0.2, -0.15) is 5.10 Å². The minimum absolute atomic E-state index is 0.210. The number of rotatable bonds is 5. The molecule has 2 unspecified atom stereocenters. The highest BCUT2D eigenvalue weighted by atomic mass is 16.5. The summed E-state index contributed by atoms with van der Waals surface area (Å²) in [5.41, 5.74) is 0. The van der Waals surface area contributed by atoms with Crippen LogP contribution in [-0.4, -0.2) is 45.7 Å². The Morgan fingerprint density at radius 2 is 2.45 bits per heavy atom. The van der Waals surface area contributed by atoms with Gasteiger partial charge < -0.3 is 9.64 Å². The summed E-state index contributed by atoms with van der Waals surface area (Å²) in [7, 11) is 0. The Balaban J connectivity index is 1.58. The Kier molecular flexibility index (Phi) is 4.87. The molecular formula is C16H24N4O2. The molecule has 0 radical (unpaired) electrons. The van der Waals surface area contributed by atoms with Crippen LogP contribution in [0.1, 0.15) is 50.4 Å². The van der Waals surface area contributed by atoms with Gasteiger partial charge in [0, 0.05) is 19.4 Å². The number of morpholine rings is 1. The molecule has 0 bridgehead atoms. The van der Waals surface area contributed by atoms with Crippen molar-refractivity contribution in [3.63, 3.8) is 0 Å². The zero-order chi connectivity index (χ0) is 15.4. The van der Waals surface area contributed by atoms with Crippen LogP contribution in [0.25, 0.3) is 0 Å². The zero-order valence-electron chi connectivity index (χ0n) is 13.1.